The van der Waals surface area contributed by atoms with Gasteiger partial charge in [0.15, 0.2) is 5.16 Å². The predicted octanol–water partition coefficient (Wildman–Crippen LogP) is 2.21. The molecule has 0 radical (unpaired) electrons. The molecular weight excluding hydrogens is 410 g/mol. The van der Waals surface area contributed by atoms with Crippen LogP contribution in [0.15, 0.2) is 35.5 Å². The molecule has 1 aliphatic rings. The van der Waals surface area contributed by atoms with Crippen LogP contribution < -0.4 is 5.32 Å². The third-order valence-electron chi connectivity index (χ3n) is 5.60. The zero-order chi connectivity index (χ0) is 22.2. The number of aryl methyl sites for hydroxylation is 2. The first kappa shape index (κ1) is 23.2. The molecule has 0 bridgehead atoms. The number of piperazine rings is 1. The van der Waals surface area contributed by atoms with Crippen molar-refractivity contribution in [2.45, 2.75) is 38.4 Å². The zero-order valence-electron chi connectivity index (χ0n) is 18.6. The van der Waals surface area contributed by atoms with Crippen molar-refractivity contribution in [2.75, 3.05) is 39.0 Å². The van der Waals surface area contributed by atoms with Crippen LogP contribution in [0.1, 0.15) is 28.9 Å². The number of aromatic nitrogens is 2. The Balaban J connectivity index is 1.40. The van der Waals surface area contributed by atoms with Crippen molar-refractivity contribution in [3.8, 4) is 0 Å². The van der Waals surface area contributed by atoms with E-state index in [1.165, 1.54) is 11.8 Å². The topological polar surface area (TPSA) is 78.4 Å². The molecule has 2 aromatic rings. The van der Waals surface area contributed by atoms with Crippen LogP contribution in [0.5, 0.6) is 0 Å². The lowest BCUT2D eigenvalue weighted by atomic mass is 10.1. The van der Waals surface area contributed by atoms with Crippen molar-refractivity contribution in [1.82, 2.24) is 25.1 Å². The number of benzene rings is 1. The first-order valence-corrected chi connectivity index (χ1v) is 11.9. The van der Waals surface area contributed by atoms with Gasteiger partial charge in [0.25, 0.3) is 0 Å². The van der Waals surface area contributed by atoms with E-state index >= 15 is 0 Å². The quantitative estimate of drug-likeness (QED) is 0.500. The van der Waals surface area contributed by atoms with E-state index in [0.29, 0.717) is 52.1 Å². The summed E-state index contributed by atoms with van der Waals surface area (Å²) in [5.41, 5.74) is 4.07. The fourth-order valence-corrected chi connectivity index (χ4v) is 4.22. The molecule has 1 saturated heterocycles. The lowest BCUT2D eigenvalue weighted by Gasteiger charge is -2.34. The smallest absolute Gasteiger partial charge is 0.234 e. The molecule has 2 heterocycles. The molecule has 3 rings (SSSR count). The van der Waals surface area contributed by atoms with Crippen molar-refractivity contribution >= 4 is 23.6 Å². The SMILES string of the molecule is CSc1nc(C)c(CCC(=O)N2CCN(CC(=O)NCc3ccccc3)CC2)c(C)n1. The highest BCUT2D eigenvalue weighted by Crippen LogP contribution is 2.17. The summed E-state index contributed by atoms with van der Waals surface area (Å²) in [7, 11) is 0. The van der Waals surface area contributed by atoms with E-state index in [1.807, 2.05) is 55.3 Å². The Bertz CT molecular complexity index is 875. The van der Waals surface area contributed by atoms with Gasteiger partial charge < -0.3 is 10.2 Å². The van der Waals surface area contributed by atoms with Gasteiger partial charge in [0.05, 0.1) is 6.54 Å². The molecule has 1 aromatic heterocycles. The molecule has 0 aliphatic carbocycles. The Morgan fingerprint density at radius 2 is 1.68 bits per heavy atom. The van der Waals surface area contributed by atoms with Crippen molar-refractivity contribution in [2.24, 2.45) is 0 Å². The average molecular weight is 442 g/mol. The second kappa shape index (κ2) is 11.2. The van der Waals surface area contributed by atoms with Gasteiger partial charge in [0.2, 0.25) is 11.8 Å². The third kappa shape index (κ3) is 6.77. The summed E-state index contributed by atoms with van der Waals surface area (Å²) < 4.78 is 0. The predicted molar refractivity (Wildman–Crippen MR) is 123 cm³/mol. The summed E-state index contributed by atoms with van der Waals surface area (Å²) >= 11 is 1.53. The van der Waals surface area contributed by atoms with Gasteiger partial charge in [0.1, 0.15) is 0 Å². The Kier molecular flexibility index (Phi) is 8.43. The molecule has 0 saturated carbocycles. The van der Waals surface area contributed by atoms with E-state index in [1.54, 1.807) is 0 Å². The van der Waals surface area contributed by atoms with E-state index in [0.717, 1.165) is 27.7 Å². The van der Waals surface area contributed by atoms with Crippen LogP contribution in [0.2, 0.25) is 0 Å². The second-order valence-corrected chi connectivity index (χ2v) is 8.55. The number of nitrogens with one attached hydrogen (secondary N) is 1. The third-order valence-corrected chi connectivity index (χ3v) is 6.14. The van der Waals surface area contributed by atoms with Gasteiger partial charge in [-0.25, -0.2) is 9.97 Å². The van der Waals surface area contributed by atoms with Crippen molar-refractivity contribution in [3.63, 3.8) is 0 Å². The summed E-state index contributed by atoms with van der Waals surface area (Å²) in [5.74, 6) is 0.171. The largest absolute Gasteiger partial charge is 0.351 e. The van der Waals surface area contributed by atoms with Gasteiger partial charge >= 0.3 is 0 Å². The standard InChI is InChI=1S/C23H31N5O2S/c1-17-20(18(2)26-23(25-17)31-3)9-10-22(30)28-13-11-27(12-14-28)16-21(29)24-15-19-7-5-4-6-8-19/h4-8H,9-16H2,1-3H3,(H,24,29). The van der Waals surface area contributed by atoms with Crippen LogP contribution in [0.4, 0.5) is 0 Å². The Morgan fingerprint density at radius 1 is 1.03 bits per heavy atom. The summed E-state index contributed by atoms with van der Waals surface area (Å²) in [6.45, 7) is 7.62. The molecule has 31 heavy (non-hydrogen) atoms. The van der Waals surface area contributed by atoms with Gasteiger partial charge in [-0.2, -0.15) is 0 Å². The minimum Gasteiger partial charge on any atom is -0.351 e. The number of amides is 2. The summed E-state index contributed by atoms with van der Waals surface area (Å²) in [5, 5.41) is 3.74. The highest BCUT2D eigenvalue weighted by Gasteiger charge is 2.22. The molecule has 0 atom stereocenters. The normalized spacial score (nSPS) is 14.5. The molecule has 0 spiro atoms. The number of nitrogens with zero attached hydrogens (tertiary/aromatic N) is 4. The van der Waals surface area contributed by atoms with Crippen molar-refractivity contribution in [3.05, 3.63) is 52.8 Å². The average Bonchev–Trinajstić information content (AvgIpc) is 2.78. The molecule has 166 valence electrons. The molecular formula is C23H31N5O2S. The van der Waals surface area contributed by atoms with Gasteiger partial charge in [0, 0.05) is 50.5 Å². The Morgan fingerprint density at radius 3 is 2.29 bits per heavy atom. The first-order chi connectivity index (χ1) is 15.0. The Labute approximate surface area is 188 Å². The van der Waals surface area contributed by atoms with Crippen LogP contribution in [0.3, 0.4) is 0 Å². The molecule has 0 unspecified atom stereocenters. The van der Waals surface area contributed by atoms with Crippen LogP contribution in [-0.2, 0) is 22.6 Å². The highest BCUT2D eigenvalue weighted by molar-refractivity contribution is 7.98. The monoisotopic (exact) mass is 441 g/mol. The van der Waals surface area contributed by atoms with Crippen LogP contribution >= 0.6 is 11.8 Å². The molecule has 1 N–H and O–H groups in total. The van der Waals surface area contributed by atoms with Crippen molar-refractivity contribution < 1.29 is 9.59 Å². The molecule has 2 amide bonds. The molecule has 1 aromatic carbocycles. The second-order valence-electron chi connectivity index (χ2n) is 7.78. The van der Waals surface area contributed by atoms with Crippen LogP contribution in [-0.4, -0.2) is 70.6 Å². The molecule has 7 nitrogen and oxygen atoms in total. The Hall–Kier alpha value is -2.45. The van der Waals surface area contributed by atoms with Crippen LogP contribution in [0.25, 0.3) is 0 Å². The zero-order valence-corrected chi connectivity index (χ0v) is 19.4. The van der Waals surface area contributed by atoms with Crippen LogP contribution in [0, 0.1) is 13.8 Å². The number of hydrogen-bond acceptors (Lipinski definition) is 6. The van der Waals surface area contributed by atoms with E-state index in [9.17, 15) is 9.59 Å². The number of carbonyl (C=O) groups is 2. The molecule has 1 fully saturated rings. The fraction of sp³-hybridized carbons (Fsp3) is 0.478. The number of carbonyl (C=O) groups excluding carboxylic acids is 2. The molecule has 1 aliphatic heterocycles. The maximum absolute atomic E-state index is 12.7. The lowest BCUT2D eigenvalue weighted by Crippen LogP contribution is -2.51. The van der Waals surface area contributed by atoms with E-state index in [4.69, 9.17) is 0 Å². The van der Waals surface area contributed by atoms with Gasteiger partial charge in [-0.3, -0.25) is 14.5 Å². The van der Waals surface area contributed by atoms with E-state index < -0.39 is 0 Å². The van der Waals surface area contributed by atoms with Gasteiger partial charge in [-0.15, -0.1) is 0 Å². The summed E-state index contributed by atoms with van der Waals surface area (Å²) in [6, 6.07) is 9.89. The van der Waals surface area contributed by atoms with Gasteiger partial charge in [-0.05, 0) is 37.7 Å². The number of rotatable bonds is 8. The maximum atomic E-state index is 12.7. The lowest BCUT2D eigenvalue weighted by molar-refractivity contribution is -0.133. The number of hydrogen-bond donors (Lipinski definition) is 1. The van der Waals surface area contributed by atoms with E-state index in [2.05, 4.69) is 20.2 Å². The first-order valence-electron chi connectivity index (χ1n) is 10.6. The summed E-state index contributed by atoms with van der Waals surface area (Å²) in [6.07, 6.45) is 3.08. The number of thioether (sulfide) groups is 1. The van der Waals surface area contributed by atoms with E-state index in [-0.39, 0.29) is 11.8 Å². The fourth-order valence-electron chi connectivity index (χ4n) is 3.76. The maximum Gasteiger partial charge on any atom is 0.234 e. The highest BCUT2D eigenvalue weighted by atomic mass is 32.2. The molecule has 8 heteroatoms. The minimum atomic E-state index is 0.0169. The minimum absolute atomic E-state index is 0.0169. The van der Waals surface area contributed by atoms with Gasteiger partial charge in [-0.1, -0.05) is 42.1 Å². The summed E-state index contributed by atoms with van der Waals surface area (Å²) in [4.78, 5) is 37.9. The van der Waals surface area contributed by atoms with Crippen molar-refractivity contribution in [1.29, 1.82) is 0 Å².